The number of carboxylic acid groups (broad SMARTS) is 1. The van der Waals surface area contributed by atoms with Gasteiger partial charge in [0.15, 0.2) is 0 Å². The van der Waals surface area contributed by atoms with Crippen molar-refractivity contribution in [2.24, 2.45) is 5.92 Å². The Kier molecular flexibility index (Phi) is 6.11. The third-order valence-electron chi connectivity index (χ3n) is 3.36. The van der Waals surface area contributed by atoms with E-state index in [-0.39, 0.29) is 12.5 Å². The van der Waals surface area contributed by atoms with E-state index in [1.807, 2.05) is 6.92 Å². The number of hydrogen-bond donors (Lipinski definition) is 3. The van der Waals surface area contributed by atoms with Gasteiger partial charge in [-0.15, -0.1) is 0 Å². The third kappa shape index (κ3) is 4.18. The minimum Gasteiger partial charge on any atom is -0.480 e. The quantitative estimate of drug-likeness (QED) is 0.662. The Bertz CT molecular complexity index is 304. The maximum absolute atomic E-state index is 11.9. The van der Waals surface area contributed by atoms with Crippen LogP contribution in [0.4, 0.5) is 4.79 Å². The molecule has 0 aromatic carbocycles. The Morgan fingerprint density at radius 3 is 2.22 bits per heavy atom. The van der Waals surface area contributed by atoms with E-state index in [9.17, 15) is 14.7 Å². The predicted octanol–water partition coefficient (Wildman–Crippen LogP) is 0.898. The molecule has 0 aromatic heterocycles. The molecule has 6 heteroatoms. The highest BCUT2D eigenvalue weighted by atomic mass is 16.4. The summed E-state index contributed by atoms with van der Waals surface area (Å²) in [5.74, 6) is -1.20. The van der Waals surface area contributed by atoms with Gasteiger partial charge in [-0.05, 0) is 19.8 Å². The van der Waals surface area contributed by atoms with Crippen LogP contribution in [0.5, 0.6) is 0 Å². The van der Waals surface area contributed by atoms with Gasteiger partial charge in [0.1, 0.15) is 6.04 Å². The van der Waals surface area contributed by atoms with Crippen LogP contribution in [0, 0.1) is 5.92 Å². The lowest BCUT2D eigenvalue weighted by Gasteiger charge is -2.35. The van der Waals surface area contributed by atoms with Crippen LogP contribution < -0.4 is 5.32 Å². The van der Waals surface area contributed by atoms with Gasteiger partial charge in [0.25, 0.3) is 0 Å². The number of nitrogens with one attached hydrogen (secondary N) is 1. The molecule has 0 saturated carbocycles. The van der Waals surface area contributed by atoms with E-state index in [1.165, 1.54) is 11.9 Å². The Morgan fingerprint density at radius 1 is 1.39 bits per heavy atom. The summed E-state index contributed by atoms with van der Waals surface area (Å²) in [7, 11) is 1.53. The molecule has 0 spiro atoms. The van der Waals surface area contributed by atoms with Gasteiger partial charge in [-0.2, -0.15) is 0 Å². The van der Waals surface area contributed by atoms with E-state index in [0.717, 1.165) is 0 Å². The number of likely N-dealkylation sites (N-methyl/N-ethyl adjacent to an activating group) is 1. The first kappa shape index (κ1) is 16.7. The van der Waals surface area contributed by atoms with Gasteiger partial charge in [-0.25, -0.2) is 9.59 Å². The van der Waals surface area contributed by atoms with Crippen LogP contribution in [0.15, 0.2) is 0 Å². The first-order valence-corrected chi connectivity index (χ1v) is 6.05. The van der Waals surface area contributed by atoms with Crippen molar-refractivity contribution in [1.82, 2.24) is 10.2 Å². The molecule has 0 bridgehead atoms. The Hall–Kier alpha value is -1.30. The SMILES string of the molecule is CCC(C)[C@H](NC(=O)N(C)C(C)(C)CO)C(=O)O. The Labute approximate surface area is 108 Å². The van der Waals surface area contributed by atoms with Gasteiger partial charge in [0, 0.05) is 7.05 Å². The van der Waals surface area contributed by atoms with Gasteiger partial charge in [-0.1, -0.05) is 20.3 Å². The summed E-state index contributed by atoms with van der Waals surface area (Å²) in [5.41, 5.74) is -0.734. The first-order valence-electron chi connectivity index (χ1n) is 6.05. The van der Waals surface area contributed by atoms with Crippen molar-refractivity contribution in [1.29, 1.82) is 0 Å². The number of aliphatic hydroxyl groups excluding tert-OH is 1. The molecular formula is C12H24N2O4. The molecular weight excluding hydrogens is 236 g/mol. The molecule has 2 atom stereocenters. The van der Waals surface area contributed by atoms with Gasteiger partial charge in [0.2, 0.25) is 0 Å². The summed E-state index contributed by atoms with van der Waals surface area (Å²) >= 11 is 0. The summed E-state index contributed by atoms with van der Waals surface area (Å²) in [6.07, 6.45) is 0.657. The number of urea groups is 1. The lowest BCUT2D eigenvalue weighted by Crippen LogP contribution is -2.56. The van der Waals surface area contributed by atoms with E-state index >= 15 is 0 Å². The molecule has 0 rings (SSSR count). The summed E-state index contributed by atoms with van der Waals surface area (Å²) in [5, 5.41) is 20.7. The van der Waals surface area contributed by atoms with Crippen molar-refractivity contribution in [2.45, 2.75) is 45.7 Å². The monoisotopic (exact) mass is 260 g/mol. The molecule has 18 heavy (non-hydrogen) atoms. The summed E-state index contributed by atoms with van der Waals surface area (Å²) in [6.45, 7) is 6.85. The molecule has 106 valence electrons. The van der Waals surface area contributed by atoms with Crippen LogP contribution in [0.25, 0.3) is 0 Å². The molecule has 0 aliphatic carbocycles. The molecule has 0 fully saturated rings. The number of rotatable bonds is 6. The zero-order valence-corrected chi connectivity index (χ0v) is 11.7. The van der Waals surface area contributed by atoms with Crippen molar-refractivity contribution in [3.63, 3.8) is 0 Å². The molecule has 0 aliphatic heterocycles. The molecule has 3 N–H and O–H groups in total. The minimum atomic E-state index is -1.05. The smallest absolute Gasteiger partial charge is 0.326 e. The second kappa shape index (κ2) is 6.58. The lowest BCUT2D eigenvalue weighted by molar-refractivity contribution is -0.140. The van der Waals surface area contributed by atoms with Gasteiger partial charge >= 0.3 is 12.0 Å². The number of carboxylic acids is 1. The van der Waals surface area contributed by atoms with Crippen molar-refractivity contribution < 1.29 is 19.8 Å². The molecule has 0 aliphatic rings. The van der Waals surface area contributed by atoms with Crippen molar-refractivity contribution in [2.75, 3.05) is 13.7 Å². The summed E-state index contributed by atoms with van der Waals surface area (Å²) < 4.78 is 0. The second-order valence-electron chi connectivity index (χ2n) is 5.18. The number of aliphatic carboxylic acids is 1. The minimum absolute atomic E-state index is 0.155. The van der Waals surface area contributed by atoms with Gasteiger partial charge < -0.3 is 20.4 Å². The molecule has 0 heterocycles. The van der Waals surface area contributed by atoms with E-state index < -0.39 is 23.6 Å². The van der Waals surface area contributed by atoms with E-state index in [2.05, 4.69) is 5.32 Å². The standard InChI is InChI=1S/C12H24N2O4/c1-6-8(2)9(10(16)17)13-11(18)14(5)12(3,4)7-15/h8-9,15H,6-7H2,1-5H3,(H,13,18)(H,16,17)/t8?,9-/m0/s1. The predicted molar refractivity (Wildman–Crippen MR) is 68.3 cm³/mol. The number of nitrogens with zero attached hydrogens (tertiary/aromatic N) is 1. The van der Waals surface area contributed by atoms with Crippen LogP contribution >= 0.6 is 0 Å². The zero-order chi connectivity index (χ0) is 14.5. The topological polar surface area (TPSA) is 89.9 Å². The van der Waals surface area contributed by atoms with Gasteiger partial charge in [0.05, 0.1) is 12.1 Å². The number of aliphatic hydroxyl groups is 1. The molecule has 1 unspecified atom stereocenters. The third-order valence-corrected chi connectivity index (χ3v) is 3.36. The number of hydrogen-bond acceptors (Lipinski definition) is 3. The average Bonchev–Trinajstić information content (AvgIpc) is 2.33. The normalized spacial score (nSPS) is 14.8. The summed E-state index contributed by atoms with van der Waals surface area (Å²) in [4.78, 5) is 24.3. The van der Waals surface area contributed by atoms with Crippen LogP contribution in [0.1, 0.15) is 34.1 Å². The summed E-state index contributed by atoms with van der Waals surface area (Å²) in [6, 6.07) is -1.42. The highest BCUT2D eigenvalue weighted by Gasteiger charge is 2.31. The Morgan fingerprint density at radius 2 is 1.89 bits per heavy atom. The zero-order valence-electron chi connectivity index (χ0n) is 11.7. The van der Waals surface area contributed by atoms with Crippen molar-refractivity contribution >= 4 is 12.0 Å². The van der Waals surface area contributed by atoms with Gasteiger partial charge in [-0.3, -0.25) is 0 Å². The number of carbonyl (C=O) groups excluding carboxylic acids is 1. The molecule has 6 nitrogen and oxygen atoms in total. The maximum Gasteiger partial charge on any atom is 0.326 e. The highest BCUT2D eigenvalue weighted by molar-refractivity contribution is 5.83. The largest absolute Gasteiger partial charge is 0.480 e. The van der Waals surface area contributed by atoms with Crippen LogP contribution in [-0.4, -0.2) is 52.3 Å². The molecule has 0 saturated heterocycles. The van der Waals surface area contributed by atoms with Crippen LogP contribution in [-0.2, 0) is 4.79 Å². The van der Waals surface area contributed by atoms with Crippen molar-refractivity contribution in [3.8, 4) is 0 Å². The Balaban J connectivity index is 4.76. The fourth-order valence-electron chi connectivity index (χ4n) is 1.29. The fraction of sp³-hybridized carbons (Fsp3) is 0.833. The van der Waals surface area contributed by atoms with Crippen molar-refractivity contribution in [3.05, 3.63) is 0 Å². The lowest BCUT2D eigenvalue weighted by atomic mass is 9.99. The van der Waals surface area contributed by atoms with E-state index in [4.69, 9.17) is 5.11 Å². The maximum atomic E-state index is 11.9. The molecule has 0 aromatic rings. The number of amides is 2. The van der Waals surface area contributed by atoms with Crippen LogP contribution in [0.2, 0.25) is 0 Å². The number of carbonyl (C=O) groups is 2. The van der Waals surface area contributed by atoms with E-state index in [1.54, 1.807) is 20.8 Å². The van der Waals surface area contributed by atoms with E-state index in [0.29, 0.717) is 6.42 Å². The molecule has 2 amide bonds. The molecule has 0 radical (unpaired) electrons. The van der Waals surface area contributed by atoms with Crippen LogP contribution in [0.3, 0.4) is 0 Å². The first-order chi connectivity index (χ1) is 8.17. The highest BCUT2D eigenvalue weighted by Crippen LogP contribution is 2.13. The fourth-order valence-corrected chi connectivity index (χ4v) is 1.29. The average molecular weight is 260 g/mol. The second-order valence-corrected chi connectivity index (χ2v) is 5.18.